The molecule has 0 aliphatic heterocycles. The van der Waals surface area contributed by atoms with Gasteiger partial charge in [-0.3, -0.25) is 0 Å². The average molecular weight is 492 g/mol. The molecule has 0 aliphatic rings. The summed E-state index contributed by atoms with van der Waals surface area (Å²) in [6, 6.07) is 10.6. The molecule has 0 amide bonds. The van der Waals surface area contributed by atoms with Gasteiger partial charge in [-0.1, -0.05) is 28.1 Å². The van der Waals surface area contributed by atoms with Gasteiger partial charge in [0.05, 0.1) is 16.0 Å². The topological polar surface area (TPSA) is 81.4 Å². The standard InChI is InChI=1S/C17H20Br2N2O3S/c1-2-24-17-13(9-14(18)10-16(17)19)11-21-8-7-12-3-5-15(6-4-12)25(20,22)23/h3-6,9-10,21H,2,7-8,11H2,1H3,(H2,20,22,23). The van der Waals surface area contributed by atoms with Crippen molar-refractivity contribution in [2.24, 2.45) is 5.14 Å². The fourth-order valence-electron chi connectivity index (χ4n) is 2.35. The molecule has 2 aromatic rings. The molecule has 0 bridgehead atoms. The molecule has 0 spiro atoms. The highest BCUT2D eigenvalue weighted by Crippen LogP contribution is 2.32. The zero-order valence-electron chi connectivity index (χ0n) is 13.8. The minimum Gasteiger partial charge on any atom is -0.492 e. The van der Waals surface area contributed by atoms with Crippen LogP contribution < -0.4 is 15.2 Å². The van der Waals surface area contributed by atoms with Crippen LogP contribution in [-0.4, -0.2) is 21.6 Å². The smallest absolute Gasteiger partial charge is 0.238 e. The van der Waals surface area contributed by atoms with Crippen molar-refractivity contribution < 1.29 is 13.2 Å². The maximum absolute atomic E-state index is 11.2. The van der Waals surface area contributed by atoms with Crippen molar-refractivity contribution in [2.45, 2.75) is 24.8 Å². The molecule has 0 aromatic heterocycles. The van der Waals surface area contributed by atoms with E-state index in [4.69, 9.17) is 9.88 Å². The van der Waals surface area contributed by atoms with Crippen LogP contribution in [0.1, 0.15) is 18.1 Å². The zero-order chi connectivity index (χ0) is 18.4. The number of ether oxygens (including phenoxy) is 1. The Hall–Kier alpha value is -0.930. The van der Waals surface area contributed by atoms with Crippen LogP contribution >= 0.6 is 31.9 Å². The van der Waals surface area contributed by atoms with Gasteiger partial charge in [-0.05, 0) is 65.6 Å². The molecule has 5 nitrogen and oxygen atoms in total. The van der Waals surface area contributed by atoms with Gasteiger partial charge in [-0.15, -0.1) is 0 Å². The third-order valence-corrected chi connectivity index (χ3v) is 5.51. The number of nitrogens with one attached hydrogen (secondary N) is 1. The molecule has 3 N–H and O–H groups in total. The van der Waals surface area contributed by atoms with Crippen LogP contribution in [0.2, 0.25) is 0 Å². The Balaban J connectivity index is 1.93. The Labute approximate surface area is 165 Å². The Morgan fingerprint density at radius 2 is 1.84 bits per heavy atom. The van der Waals surface area contributed by atoms with Gasteiger partial charge >= 0.3 is 0 Å². The molecular formula is C17H20Br2N2O3S. The highest BCUT2D eigenvalue weighted by molar-refractivity contribution is 9.11. The summed E-state index contributed by atoms with van der Waals surface area (Å²) in [4.78, 5) is 0.129. The van der Waals surface area contributed by atoms with Gasteiger partial charge in [0.1, 0.15) is 5.75 Å². The predicted octanol–water partition coefficient (Wildman–Crippen LogP) is 3.59. The number of halogens is 2. The first-order chi connectivity index (χ1) is 11.8. The first-order valence-corrected chi connectivity index (χ1v) is 10.9. The molecule has 0 saturated heterocycles. The zero-order valence-corrected chi connectivity index (χ0v) is 17.7. The lowest BCUT2D eigenvalue weighted by Crippen LogP contribution is -2.17. The van der Waals surface area contributed by atoms with Crippen molar-refractivity contribution in [3.05, 3.63) is 56.5 Å². The van der Waals surface area contributed by atoms with E-state index in [0.717, 1.165) is 38.8 Å². The SMILES string of the molecule is CCOc1c(Br)cc(Br)cc1CNCCc1ccc(S(N)(=O)=O)cc1. The van der Waals surface area contributed by atoms with Crippen LogP contribution in [0.4, 0.5) is 0 Å². The van der Waals surface area contributed by atoms with E-state index in [9.17, 15) is 8.42 Å². The van der Waals surface area contributed by atoms with Gasteiger partial charge in [-0.25, -0.2) is 13.6 Å². The molecule has 0 unspecified atom stereocenters. The van der Waals surface area contributed by atoms with Crippen molar-refractivity contribution in [3.63, 3.8) is 0 Å². The van der Waals surface area contributed by atoms with E-state index in [1.807, 2.05) is 19.1 Å². The summed E-state index contributed by atoms with van der Waals surface area (Å²) in [5.41, 5.74) is 2.10. The number of hydrogen-bond donors (Lipinski definition) is 2. The molecule has 2 aromatic carbocycles. The summed E-state index contributed by atoms with van der Waals surface area (Å²) in [6.45, 7) is 3.98. The van der Waals surface area contributed by atoms with Crippen molar-refractivity contribution in [2.75, 3.05) is 13.2 Å². The molecule has 2 rings (SSSR count). The summed E-state index contributed by atoms with van der Waals surface area (Å²) in [7, 11) is -3.64. The minimum absolute atomic E-state index is 0.129. The molecule has 0 saturated carbocycles. The number of primary sulfonamides is 1. The van der Waals surface area contributed by atoms with Crippen LogP contribution in [0.25, 0.3) is 0 Å². The maximum atomic E-state index is 11.2. The van der Waals surface area contributed by atoms with Crippen molar-refractivity contribution >= 4 is 41.9 Å². The average Bonchev–Trinajstić information content (AvgIpc) is 2.54. The van der Waals surface area contributed by atoms with Crippen LogP contribution in [0.3, 0.4) is 0 Å². The van der Waals surface area contributed by atoms with E-state index in [1.165, 1.54) is 12.1 Å². The molecule has 136 valence electrons. The molecule has 0 atom stereocenters. The number of benzene rings is 2. The van der Waals surface area contributed by atoms with Gasteiger partial charge in [0.25, 0.3) is 0 Å². The fraction of sp³-hybridized carbons (Fsp3) is 0.294. The summed E-state index contributed by atoms with van der Waals surface area (Å²) >= 11 is 7.02. The maximum Gasteiger partial charge on any atom is 0.238 e. The lowest BCUT2D eigenvalue weighted by atomic mass is 10.1. The second kappa shape index (κ2) is 9.14. The molecule has 0 heterocycles. The Morgan fingerprint density at radius 1 is 1.16 bits per heavy atom. The van der Waals surface area contributed by atoms with Crippen molar-refractivity contribution in [1.29, 1.82) is 0 Å². The molecule has 0 aliphatic carbocycles. The lowest BCUT2D eigenvalue weighted by Gasteiger charge is -2.14. The van der Waals surface area contributed by atoms with Gasteiger partial charge in [0.2, 0.25) is 10.0 Å². The highest BCUT2D eigenvalue weighted by Gasteiger charge is 2.10. The number of hydrogen-bond acceptors (Lipinski definition) is 4. The van der Waals surface area contributed by atoms with E-state index in [1.54, 1.807) is 12.1 Å². The Kier molecular flexibility index (Phi) is 7.45. The van der Waals surface area contributed by atoms with Crippen LogP contribution in [0, 0.1) is 0 Å². The molecule has 8 heteroatoms. The first kappa shape index (κ1) is 20.4. The second-order valence-electron chi connectivity index (χ2n) is 5.42. The summed E-state index contributed by atoms with van der Waals surface area (Å²) in [5.74, 6) is 0.843. The molecular weight excluding hydrogens is 472 g/mol. The monoisotopic (exact) mass is 490 g/mol. The highest BCUT2D eigenvalue weighted by atomic mass is 79.9. The summed E-state index contributed by atoms with van der Waals surface area (Å²) < 4.78 is 30.1. The third-order valence-electron chi connectivity index (χ3n) is 3.53. The van der Waals surface area contributed by atoms with E-state index < -0.39 is 10.0 Å². The molecule has 25 heavy (non-hydrogen) atoms. The quantitative estimate of drug-likeness (QED) is 0.553. The van der Waals surface area contributed by atoms with Gasteiger partial charge < -0.3 is 10.1 Å². The van der Waals surface area contributed by atoms with Crippen LogP contribution in [0.5, 0.6) is 5.75 Å². The van der Waals surface area contributed by atoms with Gasteiger partial charge in [0, 0.05) is 16.6 Å². The Bertz CT molecular complexity index is 825. The lowest BCUT2D eigenvalue weighted by molar-refractivity contribution is 0.333. The van der Waals surface area contributed by atoms with Crippen molar-refractivity contribution in [1.82, 2.24) is 5.32 Å². The van der Waals surface area contributed by atoms with E-state index >= 15 is 0 Å². The van der Waals surface area contributed by atoms with Crippen LogP contribution in [-0.2, 0) is 23.0 Å². The third kappa shape index (κ3) is 6.07. The number of nitrogens with two attached hydrogens (primary N) is 1. The molecule has 0 radical (unpaired) electrons. The van der Waals surface area contributed by atoms with Crippen molar-refractivity contribution in [3.8, 4) is 5.75 Å². The fourth-order valence-corrected chi connectivity index (χ4v) is 4.30. The predicted molar refractivity (Wildman–Crippen MR) is 106 cm³/mol. The summed E-state index contributed by atoms with van der Waals surface area (Å²) in [5, 5.41) is 8.48. The largest absolute Gasteiger partial charge is 0.492 e. The number of rotatable bonds is 8. The first-order valence-electron chi connectivity index (χ1n) is 7.74. The van der Waals surface area contributed by atoms with Gasteiger partial charge in [0.15, 0.2) is 0 Å². The number of sulfonamides is 1. The Morgan fingerprint density at radius 3 is 2.44 bits per heavy atom. The molecule has 0 fully saturated rings. The van der Waals surface area contributed by atoms with Gasteiger partial charge in [-0.2, -0.15) is 0 Å². The van der Waals surface area contributed by atoms with E-state index in [0.29, 0.717) is 13.2 Å². The summed E-state index contributed by atoms with van der Waals surface area (Å²) in [6.07, 6.45) is 0.782. The normalized spacial score (nSPS) is 11.5. The van der Waals surface area contributed by atoms with Crippen LogP contribution in [0.15, 0.2) is 50.2 Å². The second-order valence-corrected chi connectivity index (χ2v) is 8.76. The van der Waals surface area contributed by atoms with E-state index in [2.05, 4.69) is 37.2 Å². The van der Waals surface area contributed by atoms with E-state index in [-0.39, 0.29) is 4.90 Å². The minimum atomic E-state index is -3.64.